The maximum Gasteiger partial charge on any atom is 0.417 e. The first-order chi connectivity index (χ1) is 7.21. The highest BCUT2D eigenvalue weighted by atomic mass is 16.7. The normalized spacial score (nSPS) is 10.1. The summed E-state index contributed by atoms with van der Waals surface area (Å²) in [6, 6.07) is 1.63. The quantitative estimate of drug-likeness (QED) is 0.766. The van der Waals surface area contributed by atoms with Gasteiger partial charge in [-0.1, -0.05) is 12.1 Å². The van der Waals surface area contributed by atoms with Crippen molar-refractivity contribution in [2.24, 2.45) is 0 Å². The summed E-state index contributed by atoms with van der Waals surface area (Å²) < 4.78 is 9.84. The Morgan fingerprint density at radius 2 is 2.13 bits per heavy atom. The van der Waals surface area contributed by atoms with Gasteiger partial charge in [-0.05, 0) is 20.3 Å². The van der Waals surface area contributed by atoms with Gasteiger partial charge in [-0.15, -0.1) is 0 Å². The first-order valence-electron chi connectivity index (χ1n) is 5.13. The summed E-state index contributed by atoms with van der Waals surface area (Å²) in [4.78, 5) is 13.1. The predicted molar refractivity (Wildman–Crippen MR) is 54.8 cm³/mol. The van der Waals surface area contributed by atoms with Crippen molar-refractivity contribution in [2.45, 2.75) is 27.2 Å². The first-order valence-corrected chi connectivity index (χ1v) is 5.13. The molecule has 0 aliphatic carbocycles. The number of nitrogens with zero attached hydrogens (tertiary/aromatic N) is 2. The summed E-state index contributed by atoms with van der Waals surface area (Å²) in [6.07, 6.45) is 0.352. The molecule has 84 valence electrons. The summed E-state index contributed by atoms with van der Waals surface area (Å²) in [7, 11) is 0. The lowest BCUT2D eigenvalue weighted by Crippen LogP contribution is -2.32. The summed E-state index contributed by atoms with van der Waals surface area (Å²) in [5.74, 6) is 0.156. The van der Waals surface area contributed by atoms with Crippen LogP contribution in [0.3, 0.4) is 0 Å². The van der Waals surface area contributed by atoms with Gasteiger partial charge < -0.3 is 14.2 Å². The zero-order chi connectivity index (χ0) is 11.3. The van der Waals surface area contributed by atoms with Gasteiger partial charge in [0, 0.05) is 19.2 Å². The van der Waals surface area contributed by atoms with Crippen LogP contribution < -0.4 is 4.74 Å². The van der Waals surface area contributed by atoms with Crippen LogP contribution in [0.2, 0.25) is 0 Å². The Morgan fingerprint density at radius 1 is 1.47 bits per heavy atom. The van der Waals surface area contributed by atoms with E-state index in [0.29, 0.717) is 13.1 Å². The molecule has 0 aliphatic heterocycles. The van der Waals surface area contributed by atoms with Crippen LogP contribution in [0.15, 0.2) is 10.6 Å². The van der Waals surface area contributed by atoms with Crippen LogP contribution in [0.5, 0.6) is 5.95 Å². The number of carbonyl (C=O) groups is 1. The Kier molecular flexibility index (Phi) is 4.15. The molecule has 0 unspecified atom stereocenters. The number of rotatable bonds is 4. The predicted octanol–water partition coefficient (Wildman–Crippen LogP) is 2.08. The molecule has 0 atom stereocenters. The Morgan fingerprint density at radius 3 is 2.60 bits per heavy atom. The molecule has 1 aromatic rings. The number of carbonyl (C=O) groups excluding carboxylic acids is 1. The van der Waals surface area contributed by atoms with Gasteiger partial charge in [0.25, 0.3) is 0 Å². The van der Waals surface area contributed by atoms with Crippen molar-refractivity contribution in [1.82, 2.24) is 10.1 Å². The average Bonchev–Trinajstić information content (AvgIpc) is 2.67. The molecule has 5 heteroatoms. The highest BCUT2D eigenvalue weighted by Gasteiger charge is 2.14. The molecule has 0 radical (unpaired) electrons. The molecule has 0 N–H and O–H groups in total. The molecule has 0 spiro atoms. The Hall–Kier alpha value is -1.52. The largest absolute Gasteiger partial charge is 0.417 e. The molecule has 0 saturated heterocycles. The van der Waals surface area contributed by atoms with E-state index < -0.39 is 6.09 Å². The SMILES string of the molecule is CCc1cc(OC(=O)N(CC)CC)on1. The number of ether oxygens (including phenoxy) is 1. The van der Waals surface area contributed by atoms with E-state index in [-0.39, 0.29) is 5.95 Å². The lowest BCUT2D eigenvalue weighted by molar-refractivity contribution is 0.141. The Balaban J connectivity index is 2.57. The van der Waals surface area contributed by atoms with Crippen LogP contribution in [-0.4, -0.2) is 29.2 Å². The van der Waals surface area contributed by atoms with Crippen LogP contribution in [0.25, 0.3) is 0 Å². The molecule has 15 heavy (non-hydrogen) atoms. The number of hydrogen-bond donors (Lipinski definition) is 0. The first kappa shape index (κ1) is 11.6. The molecule has 0 bridgehead atoms. The van der Waals surface area contributed by atoms with Gasteiger partial charge in [-0.3, -0.25) is 0 Å². The second-order valence-electron chi connectivity index (χ2n) is 3.03. The van der Waals surface area contributed by atoms with Crippen molar-refractivity contribution in [3.8, 4) is 5.95 Å². The van der Waals surface area contributed by atoms with E-state index in [1.54, 1.807) is 11.0 Å². The fourth-order valence-corrected chi connectivity index (χ4v) is 1.14. The van der Waals surface area contributed by atoms with Crippen molar-refractivity contribution in [3.05, 3.63) is 11.8 Å². The Labute approximate surface area is 89.0 Å². The standard InChI is InChI=1S/C10H16N2O3/c1-4-8-7-9(15-11-8)14-10(13)12(5-2)6-3/h7H,4-6H2,1-3H3. The summed E-state index contributed by atoms with van der Waals surface area (Å²) in [5.41, 5.74) is 0.775. The molecule has 5 nitrogen and oxygen atoms in total. The smallest absolute Gasteiger partial charge is 0.374 e. The Bertz CT molecular complexity index is 318. The zero-order valence-electron chi connectivity index (χ0n) is 9.32. The van der Waals surface area contributed by atoms with Crippen LogP contribution in [-0.2, 0) is 6.42 Å². The van der Waals surface area contributed by atoms with Crippen molar-refractivity contribution >= 4 is 6.09 Å². The van der Waals surface area contributed by atoms with Gasteiger partial charge in [-0.2, -0.15) is 0 Å². The molecule has 0 fully saturated rings. The van der Waals surface area contributed by atoms with E-state index >= 15 is 0 Å². The lowest BCUT2D eigenvalue weighted by atomic mass is 10.3. The van der Waals surface area contributed by atoms with E-state index in [4.69, 9.17) is 9.26 Å². The van der Waals surface area contributed by atoms with E-state index in [1.165, 1.54) is 0 Å². The second-order valence-corrected chi connectivity index (χ2v) is 3.03. The molecule has 1 rings (SSSR count). The minimum atomic E-state index is -0.404. The van der Waals surface area contributed by atoms with Crippen LogP contribution >= 0.6 is 0 Å². The minimum absolute atomic E-state index is 0.156. The number of aromatic nitrogens is 1. The second kappa shape index (κ2) is 5.38. The maximum atomic E-state index is 11.5. The van der Waals surface area contributed by atoms with Crippen molar-refractivity contribution in [1.29, 1.82) is 0 Å². The van der Waals surface area contributed by atoms with E-state index in [2.05, 4.69) is 5.16 Å². The highest BCUT2D eigenvalue weighted by Crippen LogP contribution is 2.13. The fourth-order valence-electron chi connectivity index (χ4n) is 1.14. The van der Waals surface area contributed by atoms with Crippen LogP contribution in [0.4, 0.5) is 4.79 Å². The molecule has 0 aromatic carbocycles. The van der Waals surface area contributed by atoms with Crippen molar-refractivity contribution < 1.29 is 14.1 Å². The molecule has 1 heterocycles. The number of aryl methyl sites for hydroxylation is 1. The molecule has 0 saturated carbocycles. The van der Waals surface area contributed by atoms with Crippen molar-refractivity contribution in [3.63, 3.8) is 0 Å². The summed E-state index contributed by atoms with van der Waals surface area (Å²) in [5, 5.41) is 3.73. The molecule has 1 amide bonds. The third-order valence-corrected chi connectivity index (χ3v) is 2.11. The average molecular weight is 212 g/mol. The molecular weight excluding hydrogens is 196 g/mol. The number of hydrogen-bond acceptors (Lipinski definition) is 4. The van der Waals surface area contributed by atoms with Gasteiger partial charge in [0.1, 0.15) is 0 Å². The maximum absolute atomic E-state index is 11.5. The molecular formula is C10H16N2O3. The minimum Gasteiger partial charge on any atom is -0.374 e. The van der Waals surface area contributed by atoms with Gasteiger partial charge in [0.05, 0.1) is 5.69 Å². The lowest BCUT2D eigenvalue weighted by Gasteiger charge is -2.16. The van der Waals surface area contributed by atoms with Crippen LogP contribution in [0, 0.1) is 0 Å². The van der Waals surface area contributed by atoms with E-state index in [0.717, 1.165) is 12.1 Å². The van der Waals surface area contributed by atoms with Crippen LogP contribution in [0.1, 0.15) is 26.5 Å². The third-order valence-electron chi connectivity index (χ3n) is 2.11. The summed E-state index contributed by atoms with van der Waals surface area (Å²) >= 11 is 0. The highest BCUT2D eigenvalue weighted by molar-refractivity contribution is 5.69. The molecule has 0 aliphatic rings. The summed E-state index contributed by atoms with van der Waals surface area (Å²) in [6.45, 7) is 6.97. The van der Waals surface area contributed by atoms with Gasteiger partial charge >= 0.3 is 12.0 Å². The van der Waals surface area contributed by atoms with Gasteiger partial charge in [0.15, 0.2) is 0 Å². The number of amides is 1. The van der Waals surface area contributed by atoms with Crippen molar-refractivity contribution in [2.75, 3.05) is 13.1 Å². The fraction of sp³-hybridized carbons (Fsp3) is 0.600. The zero-order valence-corrected chi connectivity index (χ0v) is 9.32. The van der Waals surface area contributed by atoms with Gasteiger partial charge in [-0.25, -0.2) is 4.79 Å². The third kappa shape index (κ3) is 2.97. The van der Waals surface area contributed by atoms with Gasteiger partial charge in [0.2, 0.25) is 0 Å². The molecule has 1 aromatic heterocycles. The van der Waals surface area contributed by atoms with E-state index in [9.17, 15) is 4.79 Å². The topological polar surface area (TPSA) is 55.6 Å². The van der Waals surface area contributed by atoms with E-state index in [1.807, 2.05) is 20.8 Å². The monoisotopic (exact) mass is 212 g/mol.